The van der Waals surface area contributed by atoms with Crippen LogP contribution in [-0.4, -0.2) is 19.5 Å². The second-order valence-electron chi connectivity index (χ2n) is 3.82. The van der Waals surface area contributed by atoms with E-state index >= 15 is 0 Å². The molecule has 4 heteroatoms. The summed E-state index contributed by atoms with van der Waals surface area (Å²) in [7, 11) is 1.54. The van der Waals surface area contributed by atoms with Crippen LogP contribution in [0.15, 0.2) is 12.1 Å². The van der Waals surface area contributed by atoms with Crippen LogP contribution in [0.25, 0.3) is 0 Å². The van der Waals surface area contributed by atoms with Crippen LogP contribution in [0.3, 0.4) is 0 Å². The summed E-state index contributed by atoms with van der Waals surface area (Å²) in [5.74, 6) is 1.02. The molecule has 1 aromatic carbocycles. The minimum atomic E-state index is 0.203. The van der Waals surface area contributed by atoms with Gasteiger partial charge in [0.05, 0.1) is 18.8 Å². The second kappa shape index (κ2) is 4.74. The highest BCUT2D eigenvalue weighted by atomic mass is 35.5. The van der Waals surface area contributed by atoms with E-state index in [1.54, 1.807) is 12.1 Å². The van der Waals surface area contributed by atoms with Crippen molar-refractivity contribution in [2.75, 3.05) is 7.11 Å². The van der Waals surface area contributed by atoms with Crippen molar-refractivity contribution in [2.24, 2.45) is 0 Å². The highest BCUT2D eigenvalue weighted by molar-refractivity contribution is 6.31. The van der Waals surface area contributed by atoms with Gasteiger partial charge in [0.2, 0.25) is 0 Å². The predicted molar refractivity (Wildman–Crippen MR) is 61.7 cm³/mol. The van der Waals surface area contributed by atoms with Gasteiger partial charge in [-0.2, -0.15) is 0 Å². The van der Waals surface area contributed by atoms with Gasteiger partial charge in [0.1, 0.15) is 0 Å². The lowest BCUT2D eigenvalue weighted by atomic mass is 9.96. The van der Waals surface area contributed by atoms with Crippen molar-refractivity contribution >= 4 is 17.9 Å². The first-order valence-electron chi connectivity index (χ1n) is 5.24. The molecule has 0 aliphatic heterocycles. The number of hydrogen-bond acceptors (Lipinski definition) is 3. The summed E-state index contributed by atoms with van der Waals surface area (Å²) in [6, 6.07) is 3.24. The molecule has 16 heavy (non-hydrogen) atoms. The molecule has 0 amide bonds. The van der Waals surface area contributed by atoms with E-state index in [4.69, 9.17) is 21.1 Å². The molecule has 1 saturated carbocycles. The molecule has 3 nitrogen and oxygen atoms in total. The van der Waals surface area contributed by atoms with Crippen LogP contribution in [0.1, 0.15) is 29.6 Å². The summed E-state index contributed by atoms with van der Waals surface area (Å²) in [6.45, 7) is 0. The number of carbonyl (C=O) groups excluding carboxylic acids is 1. The maximum atomic E-state index is 10.9. The summed E-state index contributed by atoms with van der Waals surface area (Å²) in [4.78, 5) is 10.9. The van der Waals surface area contributed by atoms with E-state index in [1.165, 1.54) is 13.5 Å². The van der Waals surface area contributed by atoms with Gasteiger partial charge in [0.15, 0.2) is 17.8 Å². The Balaban J connectivity index is 2.33. The number of rotatable bonds is 4. The average Bonchev–Trinajstić information content (AvgIpc) is 2.23. The van der Waals surface area contributed by atoms with Gasteiger partial charge >= 0.3 is 0 Å². The third kappa shape index (κ3) is 2.14. The number of ether oxygens (including phenoxy) is 2. The predicted octanol–water partition coefficient (Wildman–Crippen LogP) is 3.09. The van der Waals surface area contributed by atoms with E-state index < -0.39 is 0 Å². The van der Waals surface area contributed by atoms with E-state index in [0.29, 0.717) is 22.1 Å². The zero-order chi connectivity index (χ0) is 11.5. The Morgan fingerprint density at radius 1 is 1.44 bits per heavy atom. The summed E-state index contributed by atoms with van der Waals surface area (Å²) in [5.41, 5.74) is 0.441. The normalized spacial score (nSPS) is 15.4. The molecular formula is C12H13ClO3. The molecule has 0 radical (unpaired) electrons. The lowest BCUT2D eigenvalue weighted by molar-refractivity contribution is 0.106. The monoisotopic (exact) mass is 240 g/mol. The maximum absolute atomic E-state index is 10.9. The molecule has 2 rings (SSSR count). The van der Waals surface area contributed by atoms with Crippen LogP contribution in [0.5, 0.6) is 11.5 Å². The minimum absolute atomic E-state index is 0.203. The van der Waals surface area contributed by atoms with Crippen molar-refractivity contribution in [2.45, 2.75) is 25.4 Å². The molecule has 0 heterocycles. The van der Waals surface area contributed by atoms with Crippen LogP contribution in [0.4, 0.5) is 0 Å². The highest BCUT2D eigenvalue weighted by Gasteiger charge is 2.22. The molecule has 0 atom stereocenters. The van der Waals surface area contributed by atoms with Crippen molar-refractivity contribution in [3.05, 3.63) is 22.7 Å². The molecule has 1 aliphatic carbocycles. The van der Waals surface area contributed by atoms with Gasteiger partial charge < -0.3 is 9.47 Å². The largest absolute Gasteiger partial charge is 0.493 e. The fourth-order valence-electron chi connectivity index (χ4n) is 1.61. The van der Waals surface area contributed by atoms with Gasteiger partial charge in [-0.3, -0.25) is 4.79 Å². The van der Waals surface area contributed by atoms with Gasteiger partial charge in [-0.25, -0.2) is 0 Å². The SMILES string of the molecule is COc1cc(Cl)cc(C=O)c1OC1CCC1. The Hall–Kier alpha value is -1.22. The summed E-state index contributed by atoms with van der Waals surface area (Å²) in [5, 5.41) is 0.472. The van der Waals surface area contributed by atoms with Gasteiger partial charge in [0.25, 0.3) is 0 Å². The molecule has 86 valence electrons. The summed E-state index contributed by atoms with van der Waals surface area (Å²) < 4.78 is 10.9. The first-order valence-corrected chi connectivity index (χ1v) is 5.61. The van der Waals surface area contributed by atoms with E-state index in [1.807, 2.05) is 0 Å². The van der Waals surface area contributed by atoms with Crippen LogP contribution >= 0.6 is 11.6 Å². The van der Waals surface area contributed by atoms with E-state index in [9.17, 15) is 4.79 Å². The molecule has 0 saturated heterocycles. The van der Waals surface area contributed by atoms with Crippen molar-refractivity contribution in [3.63, 3.8) is 0 Å². The van der Waals surface area contributed by atoms with Crippen molar-refractivity contribution in [1.82, 2.24) is 0 Å². The Bertz CT molecular complexity index is 399. The van der Waals surface area contributed by atoms with Gasteiger partial charge in [-0.05, 0) is 25.3 Å². The van der Waals surface area contributed by atoms with Crippen LogP contribution in [0, 0.1) is 0 Å². The van der Waals surface area contributed by atoms with Gasteiger partial charge in [-0.1, -0.05) is 11.6 Å². The van der Waals surface area contributed by atoms with Crippen LogP contribution in [0.2, 0.25) is 5.02 Å². The molecule has 0 unspecified atom stereocenters. The molecule has 0 bridgehead atoms. The minimum Gasteiger partial charge on any atom is -0.493 e. The van der Waals surface area contributed by atoms with Crippen LogP contribution < -0.4 is 9.47 Å². The molecule has 0 spiro atoms. The smallest absolute Gasteiger partial charge is 0.172 e. The second-order valence-corrected chi connectivity index (χ2v) is 4.25. The summed E-state index contributed by atoms with van der Waals surface area (Å²) >= 11 is 5.87. The fourth-order valence-corrected chi connectivity index (χ4v) is 1.83. The first-order chi connectivity index (χ1) is 7.74. The van der Waals surface area contributed by atoms with E-state index in [-0.39, 0.29) is 6.10 Å². The van der Waals surface area contributed by atoms with E-state index in [0.717, 1.165) is 19.1 Å². The number of methoxy groups -OCH3 is 1. The molecule has 1 aliphatic rings. The molecular weight excluding hydrogens is 228 g/mol. The lowest BCUT2D eigenvalue weighted by Crippen LogP contribution is -2.25. The zero-order valence-electron chi connectivity index (χ0n) is 9.03. The Morgan fingerprint density at radius 2 is 2.19 bits per heavy atom. The van der Waals surface area contributed by atoms with Crippen molar-refractivity contribution in [1.29, 1.82) is 0 Å². The zero-order valence-corrected chi connectivity index (χ0v) is 9.79. The van der Waals surface area contributed by atoms with Crippen LogP contribution in [-0.2, 0) is 0 Å². The third-order valence-corrected chi connectivity index (χ3v) is 2.95. The number of halogens is 1. The molecule has 0 N–H and O–H groups in total. The molecule has 1 aromatic rings. The average molecular weight is 241 g/mol. The Kier molecular flexibility index (Phi) is 3.34. The van der Waals surface area contributed by atoms with Crippen molar-refractivity contribution in [3.8, 4) is 11.5 Å². The van der Waals surface area contributed by atoms with Gasteiger partial charge in [-0.15, -0.1) is 0 Å². The Morgan fingerprint density at radius 3 is 2.69 bits per heavy atom. The molecule has 0 aromatic heterocycles. The fraction of sp³-hybridized carbons (Fsp3) is 0.417. The third-order valence-electron chi connectivity index (χ3n) is 2.73. The maximum Gasteiger partial charge on any atom is 0.172 e. The number of benzene rings is 1. The first kappa shape index (κ1) is 11.3. The number of carbonyl (C=O) groups is 1. The van der Waals surface area contributed by atoms with E-state index in [2.05, 4.69) is 0 Å². The number of aldehydes is 1. The standard InChI is InChI=1S/C12H13ClO3/c1-15-11-6-9(13)5-8(7-14)12(11)16-10-3-2-4-10/h5-7,10H,2-4H2,1H3. The molecule has 1 fully saturated rings. The van der Waals surface area contributed by atoms with Gasteiger partial charge in [0, 0.05) is 11.1 Å². The Labute approximate surface area is 99.3 Å². The lowest BCUT2D eigenvalue weighted by Gasteiger charge is -2.27. The quantitative estimate of drug-likeness (QED) is 0.759. The number of hydrogen-bond donors (Lipinski definition) is 0. The highest BCUT2D eigenvalue weighted by Crippen LogP contribution is 2.37. The van der Waals surface area contributed by atoms with Crippen molar-refractivity contribution < 1.29 is 14.3 Å². The topological polar surface area (TPSA) is 35.5 Å². The summed E-state index contributed by atoms with van der Waals surface area (Å²) in [6.07, 6.45) is 4.18.